The second kappa shape index (κ2) is 10.4. The first kappa shape index (κ1) is 18.9. The maximum absolute atomic E-state index is 12.8. The summed E-state index contributed by atoms with van der Waals surface area (Å²) >= 11 is 0. The van der Waals surface area contributed by atoms with Crippen LogP contribution in [0.4, 0.5) is 4.39 Å². The molecule has 134 valence electrons. The van der Waals surface area contributed by atoms with Gasteiger partial charge in [0.15, 0.2) is 0 Å². The van der Waals surface area contributed by atoms with E-state index < -0.39 is 0 Å². The molecular weight excluding hydrogens is 303 g/mol. The van der Waals surface area contributed by atoms with Crippen LogP contribution in [0.3, 0.4) is 0 Å². The highest BCUT2D eigenvalue weighted by Crippen LogP contribution is 2.21. The molecular formula is C20H31FN2O. The number of rotatable bonds is 9. The first-order valence-electron chi connectivity index (χ1n) is 9.36. The molecule has 0 radical (unpaired) electrons. The van der Waals surface area contributed by atoms with Gasteiger partial charge in [0.2, 0.25) is 5.91 Å². The molecule has 0 spiro atoms. The van der Waals surface area contributed by atoms with E-state index in [1.807, 2.05) is 0 Å². The summed E-state index contributed by atoms with van der Waals surface area (Å²) in [7, 11) is 2.25. The molecule has 0 saturated heterocycles. The van der Waals surface area contributed by atoms with Gasteiger partial charge in [-0.2, -0.15) is 0 Å². The third-order valence-corrected chi connectivity index (χ3v) is 4.99. The molecule has 0 aliphatic heterocycles. The fourth-order valence-electron chi connectivity index (χ4n) is 3.45. The normalized spacial score (nSPS) is 15.6. The number of unbranched alkanes of at least 4 members (excludes halogenated alkanes) is 2. The Hall–Kier alpha value is -1.42. The Morgan fingerprint density at radius 3 is 2.54 bits per heavy atom. The van der Waals surface area contributed by atoms with E-state index in [0.29, 0.717) is 6.42 Å². The van der Waals surface area contributed by atoms with Crippen LogP contribution in [-0.2, 0) is 11.2 Å². The van der Waals surface area contributed by atoms with Crippen molar-refractivity contribution in [2.24, 2.45) is 0 Å². The van der Waals surface area contributed by atoms with Crippen LogP contribution in [0.15, 0.2) is 24.3 Å². The number of hydrogen-bond acceptors (Lipinski definition) is 2. The average Bonchev–Trinajstić information content (AvgIpc) is 2.60. The van der Waals surface area contributed by atoms with E-state index in [-0.39, 0.29) is 11.7 Å². The zero-order valence-corrected chi connectivity index (χ0v) is 14.9. The van der Waals surface area contributed by atoms with Crippen molar-refractivity contribution in [2.75, 3.05) is 20.1 Å². The first-order valence-corrected chi connectivity index (χ1v) is 9.36. The molecule has 0 aromatic heterocycles. The van der Waals surface area contributed by atoms with E-state index in [2.05, 4.69) is 17.3 Å². The van der Waals surface area contributed by atoms with E-state index in [9.17, 15) is 9.18 Å². The highest BCUT2D eigenvalue weighted by Gasteiger charge is 2.17. The molecule has 1 fully saturated rings. The van der Waals surface area contributed by atoms with Gasteiger partial charge in [0, 0.05) is 12.6 Å². The van der Waals surface area contributed by atoms with Crippen molar-refractivity contribution < 1.29 is 9.18 Å². The smallest absolute Gasteiger partial charge is 0.224 e. The van der Waals surface area contributed by atoms with Gasteiger partial charge in [-0.1, -0.05) is 37.8 Å². The number of nitrogens with one attached hydrogen (secondary N) is 1. The second-order valence-electron chi connectivity index (χ2n) is 6.99. The lowest BCUT2D eigenvalue weighted by molar-refractivity contribution is -0.120. The lowest BCUT2D eigenvalue weighted by atomic mass is 9.94. The van der Waals surface area contributed by atoms with Crippen molar-refractivity contribution in [3.63, 3.8) is 0 Å². The Morgan fingerprint density at radius 2 is 1.83 bits per heavy atom. The van der Waals surface area contributed by atoms with E-state index in [4.69, 9.17) is 0 Å². The van der Waals surface area contributed by atoms with Crippen molar-refractivity contribution in [1.29, 1.82) is 0 Å². The molecule has 1 saturated carbocycles. The molecule has 4 heteroatoms. The molecule has 1 amide bonds. The molecule has 1 aromatic rings. The average molecular weight is 334 g/mol. The van der Waals surface area contributed by atoms with Crippen molar-refractivity contribution in [2.45, 2.75) is 63.8 Å². The molecule has 1 aliphatic carbocycles. The van der Waals surface area contributed by atoms with Gasteiger partial charge >= 0.3 is 0 Å². The lowest BCUT2D eigenvalue weighted by Crippen LogP contribution is -2.34. The number of hydrogen-bond donors (Lipinski definition) is 1. The van der Waals surface area contributed by atoms with E-state index in [0.717, 1.165) is 37.5 Å². The van der Waals surface area contributed by atoms with Gasteiger partial charge in [0.25, 0.3) is 0 Å². The summed E-state index contributed by atoms with van der Waals surface area (Å²) in [5.41, 5.74) is 0.850. The fraction of sp³-hybridized carbons (Fsp3) is 0.650. The number of amides is 1. The summed E-state index contributed by atoms with van der Waals surface area (Å²) < 4.78 is 12.8. The summed E-state index contributed by atoms with van der Waals surface area (Å²) in [6.07, 6.45) is 10.6. The van der Waals surface area contributed by atoms with E-state index in [1.54, 1.807) is 12.1 Å². The minimum absolute atomic E-state index is 0.0148. The minimum atomic E-state index is -0.266. The van der Waals surface area contributed by atoms with Crippen LogP contribution in [0, 0.1) is 5.82 Å². The highest BCUT2D eigenvalue weighted by atomic mass is 19.1. The van der Waals surface area contributed by atoms with Gasteiger partial charge in [-0.3, -0.25) is 4.79 Å². The highest BCUT2D eigenvalue weighted by molar-refractivity contribution is 5.78. The number of carbonyl (C=O) groups excluding carboxylic acids is 1. The summed E-state index contributed by atoms with van der Waals surface area (Å²) in [6, 6.07) is 6.90. The Bertz CT molecular complexity index is 483. The van der Waals surface area contributed by atoms with Crippen LogP contribution in [0.5, 0.6) is 0 Å². The van der Waals surface area contributed by atoms with Crippen molar-refractivity contribution in [3.8, 4) is 0 Å². The SMILES string of the molecule is CN(CCCCCNC(=O)Cc1ccc(F)cc1)C1CCCCC1. The van der Waals surface area contributed by atoms with Gasteiger partial charge < -0.3 is 10.2 Å². The van der Waals surface area contributed by atoms with Crippen LogP contribution in [-0.4, -0.2) is 37.0 Å². The second-order valence-corrected chi connectivity index (χ2v) is 6.99. The third kappa shape index (κ3) is 7.00. The molecule has 2 rings (SSSR count). The zero-order chi connectivity index (χ0) is 17.2. The predicted molar refractivity (Wildman–Crippen MR) is 96.5 cm³/mol. The van der Waals surface area contributed by atoms with Gasteiger partial charge in [-0.25, -0.2) is 4.39 Å². The van der Waals surface area contributed by atoms with Gasteiger partial charge in [-0.05, 0) is 57.0 Å². The summed E-state index contributed by atoms with van der Waals surface area (Å²) in [5.74, 6) is -0.252. The molecule has 0 heterocycles. The fourth-order valence-corrected chi connectivity index (χ4v) is 3.45. The Kier molecular flexibility index (Phi) is 8.23. The van der Waals surface area contributed by atoms with Crippen molar-refractivity contribution in [1.82, 2.24) is 10.2 Å². The molecule has 3 nitrogen and oxygen atoms in total. The summed E-state index contributed by atoms with van der Waals surface area (Å²) in [5, 5.41) is 2.95. The largest absolute Gasteiger partial charge is 0.356 e. The topological polar surface area (TPSA) is 32.3 Å². The van der Waals surface area contributed by atoms with E-state index >= 15 is 0 Å². The van der Waals surface area contributed by atoms with Crippen LogP contribution in [0.2, 0.25) is 0 Å². The molecule has 1 aliphatic rings. The first-order chi connectivity index (χ1) is 11.6. The molecule has 1 aromatic carbocycles. The van der Waals surface area contributed by atoms with Crippen molar-refractivity contribution >= 4 is 5.91 Å². The molecule has 0 atom stereocenters. The maximum atomic E-state index is 12.8. The molecule has 0 unspecified atom stereocenters. The quantitative estimate of drug-likeness (QED) is 0.694. The van der Waals surface area contributed by atoms with Crippen LogP contribution in [0.25, 0.3) is 0 Å². The molecule has 24 heavy (non-hydrogen) atoms. The number of benzene rings is 1. The third-order valence-electron chi connectivity index (χ3n) is 4.99. The van der Waals surface area contributed by atoms with Crippen LogP contribution < -0.4 is 5.32 Å². The Labute approximate surface area is 145 Å². The van der Waals surface area contributed by atoms with Crippen molar-refractivity contribution in [3.05, 3.63) is 35.6 Å². The van der Waals surface area contributed by atoms with Crippen LogP contribution in [0.1, 0.15) is 56.9 Å². The number of carbonyl (C=O) groups is 1. The predicted octanol–water partition coefficient (Wildman–Crippen LogP) is 3.92. The summed E-state index contributed by atoms with van der Waals surface area (Å²) in [6.45, 7) is 1.89. The molecule has 1 N–H and O–H groups in total. The monoisotopic (exact) mass is 334 g/mol. The summed E-state index contributed by atoms with van der Waals surface area (Å²) in [4.78, 5) is 14.4. The van der Waals surface area contributed by atoms with Gasteiger partial charge in [0.1, 0.15) is 5.82 Å². The minimum Gasteiger partial charge on any atom is -0.356 e. The Balaban J connectivity index is 1.50. The van der Waals surface area contributed by atoms with Crippen LogP contribution >= 0.6 is 0 Å². The number of halogens is 1. The van der Waals surface area contributed by atoms with Gasteiger partial charge in [0.05, 0.1) is 6.42 Å². The Morgan fingerprint density at radius 1 is 1.12 bits per heavy atom. The lowest BCUT2D eigenvalue weighted by Gasteiger charge is -2.31. The maximum Gasteiger partial charge on any atom is 0.224 e. The van der Waals surface area contributed by atoms with Gasteiger partial charge in [-0.15, -0.1) is 0 Å². The number of nitrogens with zero attached hydrogens (tertiary/aromatic N) is 1. The molecule has 0 bridgehead atoms. The van der Waals surface area contributed by atoms with E-state index in [1.165, 1.54) is 50.7 Å². The zero-order valence-electron chi connectivity index (χ0n) is 14.9. The standard InChI is InChI=1S/C20H31FN2O/c1-23(19-8-4-2-5-9-19)15-7-3-6-14-22-20(24)16-17-10-12-18(21)13-11-17/h10-13,19H,2-9,14-16H2,1H3,(H,22,24).